The molecule has 96 valence electrons. The minimum Gasteiger partial charge on any atom is -0.431 e. The largest absolute Gasteiger partial charge is 0.431 e. The second-order valence-corrected chi connectivity index (χ2v) is 5.91. The van der Waals surface area contributed by atoms with E-state index < -0.39 is 0 Å². The number of benzene rings is 1. The van der Waals surface area contributed by atoms with Crippen molar-refractivity contribution in [3.63, 3.8) is 0 Å². The molecule has 0 saturated carbocycles. The van der Waals surface area contributed by atoms with E-state index in [0.29, 0.717) is 10.9 Å². The van der Waals surface area contributed by atoms with Crippen molar-refractivity contribution >= 4 is 44.5 Å². The van der Waals surface area contributed by atoms with Gasteiger partial charge in [-0.25, -0.2) is 9.97 Å². The number of oxazole rings is 1. The van der Waals surface area contributed by atoms with Crippen LogP contribution in [0.2, 0.25) is 0 Å². The Morgan fingerprint density at radius 3 is 2.95 bits per heavy atom. The molecule has 0 aliphatic carbocycles. The Balaban J connectivity index is 1.94. The van der Waals surface area contributed by atoms with Gasteiger partial charge in [0.15, 0.2) is 5.58 Å². The zero-order valence-corrected chi connectivity index (χ0v) is 12.5. The van der Waals surface area contributed by atoms with Crippen molar-refractivity contribution in [1.29, 1.82) is 0 Å². The molecule has 0 spiro atoms. The smallest absolute Gasteiger partial charge is 0.263 e. The van der Waals surface area contributed by atoms with E-state index in [9.17, 15) is 0 Å². The molecule has 0 fully saturated rings. The van der Waals surface area contributed by atoms with Crippen LogP contribution in [0.5, 0.6) is 0 Å². The molecule has 3 rings (SSSR count). The number of nitrogens with zero attached hydrogens (tertiary/aromatic N) is 2. The normalized spacial score (nSPS) is 11.1. The molecule has 6 heteroatoms. The van der Waals surface area contributed by atoms with Gasteiger partial charge in [0.05, 0.1) is 0 Å². The van der Waals surface area contributed by atoms with Crippen LogP contribution in [-0.4, -0.2) is 9.97 Å². The Hall–Kier alpha value is -1.53. The Bertz CT molecular complexity index is 757. The lowest BCUT2D eigenvalue weighted by atomic mass is 10.3. The summed E-state index contributed by atoms with van der Waals surface area (Å²) >= 11 is 4.82. The minimum atomic E-state index is 0.565. The molecule has 3 aromatic rings. The topological polar surface area (TPSA) is 64.9 Å². The molecule has 0 atom stereocenters. The van der Waals surface area contributed by atoms with Gasteiger partial charge in [-0.15, -0.1) is 0 Å². The first-order chi connectivity index (χ1) is 9.11. The van der Waals surface area contributed by atoms with Gasteiger partial charge in [0.2, 0.25) is 0 Å². The number of pyridine rings is 1. The second-order valence-electron chi connectivity index (χ2n) is 4.08. The quantitative estimate of drug-likeness (QED) is 0.716. The van der Waals surface area contributed by atoms with Crippen LogP contribution >= 0.6 is 27.7 Å². The van der Waals surface area contributed by atoms with Crippen LogP contribution in [0.25, 0.3) is 11.1 Å². The fourth-order valence-electron chi connectivity index (χ4n) is 1.63. The first-order valence-electron chi connectivity index (χ1n) is 5.58. The zero-order chi connectivity index (χ0) is 13.4. The molecular formula is C13H10BrN3OS. The van der Waals surface area contributed by atoms with Crippen LogP contribution in [0, 0.1) is 6.92 Å². The number of hydrogen-bond acceptors (Lipinski definition) is 5. The number of nitrogen functional groups attached to an aromatic ring is 1. The highest BCUT2D eigenvalue weighted by Gasteiger charge is 2.09. The van der Waals surface area contributed by atoms with Crippen molar-refractivity contribution < 1.29 is 4.42 Å². The van der Waals surface area contributed by atoms with Gasteiger partial charge in [-0.1, -0.05) is 0 Å². The average molecular weight is 336 g/mol. The van der Waals surface area contributed by atoms with Crippen LogP contribution in [0.1, 0.15) is 5.56 Å². The highest BCUT2D eigenvalue weighted by atomic mass is 79.9. The molecule has 0 aliphatic rings. The summed E-state index contributed by atoms with van der Waals surface area (Å²) in [6.45, 7) is 2.02. The number of hydrogen-bond donors (Lipinski definition) is 1. The van der Waals surface area contributed by atoms with Crippen molar-refractivity contribution in [3.8, 4) is 0 Å². The van der Waals surface area contributed by atoms with Gasteiger partial charge in [-0.3, -0.25) is 0 Å². The maximum Gasteiger partial charge on any atom is 0.263 e. The molecule has 4 nitrogen and oxygen atoms in total. The molecule has 0 amide bonds. The molecule has 1 aromatic carbocycles. The van der Waals surface area contributed by atoms with Crippen molar-refractivity contribution in [2.24, 2.45) is 0 Å². The molecule has 2 aromatic heterocycles. The molecule has 0 bridgehead atoms. The second kappa shape index (κ2) is 4.86. The third-order valence-electron chi connectivity index (χ3n) is 2.61. The van der Waals surface area contributed by atoms with Gasteiger partial charge in [0.25, 0.3) is 5.22 Å². The molecule has 0 radical (unpaired) electrons. The number of aryl methyl sites for hydroxylation is 1. The number of fused-ring (bicyclic) bond motifs is 1. The average Bonchev–Trinajstić information content (AvgIpc) is 2.75. The summed E-state index contributed by atoms with van der Waals surface area (Å²) in [5.74, 6) is 0. The van der Waals surface area contributed by atoms with E-state index in [2.05, 4.69) is 25.9 Å². The molecule has 0 unspecified atom stereocenters. The summed E-state index contributed by atoms with van der Waals surface area (Å²) < 4.78 is 6.63. The fourth-order valence-corrected chi connectivity index (χ4v) is 2.64. The molecular weight excluding hydrogens is 326 g/mol. The van der Waals surface area contributed by atoms with Crippen molar-refractivity contribution in [2.75, 3.05) is 5.73 Å². The lowest BCUT2D eigenvalue weighted by molar-refractivity contribution is 0.489. The summed E-state index contributed by atoms with van der Waals surface area (Å²) in [4.78, 5) is 8.70. The summed E-state index contributed by atoms with van der Waals surface area (Å²) in [7, 11) is 0. The summed E-state index contributed by atoms with van der Waals surface area (Å²) in [5.41, 5.74) is 9.00. The maximum atomic E-state index is 5.72. The predicted octanol–water partition coefficient (Wildman–Crippen LogP) is 4.03. The molecule has 2 N–H and O–H groups in total. The number of anilines is 1. The van der Waals surface area contributed by atoms with E-state index in [1.807, 2.05) is 19.1 Å². The van der Waals surface area contributed by atoms with E-state index >= 15 is 0 Å². The minimum absolute atomic E-state index is 0.565. The number of rotatable bonds is 2. The number of halogens is 1. The van der Waals surface area contributed by atoms with Gasteiger partial charge >= 0.3 is 0 Å². The lowest BCUT2D eigenvalue weighted by Crippen LogP contribution is -1.83. The van der Waals surface area contributed by atoms with Crippen molar-refractivity contribution in [3.05, 3.63) is 40.5 Å². The predicted molar refractivity (Wildman–Crippen MR) is 79.2 cm³/mol. The van der Waals surface area contributed by atoms with Gasteiger partial charge < -0.3 is 10.2 Å². The van der Waals surface area contributed by atoms with Gasteiger partial charge in [-0.2, -0.15) is 0 Å². The monoisotopic (exact) mass is 335 g/mol. The third kappa shape index (κ3) is 2.59. The number of nitrogens with two attached hydrogens (primary N) is 1. The van der Waals surface area contributed by atoms with Crippen LogP contribution in [0.15, 0.2) is 49.6 Å². The molecule has 19 heavy (non-hydrogen) atoms. The zero-order valence-electron chi connectivity index (χ0n) is 10.1. The van der Waals surface area contributed by atoms with Crippen LogP contribution in [0.4, 0.5) is 5.69 Å². The van der Waals surface area contributed by atoms with Gasteiger partial charge in [-0.05, 0) is 64.4 Å². The highest BCUT2D eigenvalue weighted by Crippen LogP contribution is 2.30. The Morgan fingerprint density at radius 1 is 1.32 bits per heavy atom. The summed E-state index contributed by atoms with van der Waals surface area (Å²) in [6, 6.07) is 7.40. The third-order valence-corrected chi connectivity index (χ3v) is 4.22. The van der Waals surface area contributed by atoms with E-state index in [-0.39, 0.29) is 0 Å². The maximum absolute atomic E-state index is 5.72. The van der Waals surface area contributed by atoms with Crippen LogP contribution in [-0.2, 0) is 0 Å². The Kier molecular flexibility index (Phi) is 3.20. The summed E-state index contributed by atoms with van der Waals surface area (Å²) in [6.07, 6.45) is 1.78. The van der Waals surface area contributed by atoms with Crippen molar-refractivity contribution in [2.45, 2.75) is 17.2 Å². The Morgan fingerprint density at radius 2 is 2.16 bits per heavy atom. The molecule has 0 aliphatic heterocycles. The number of aromatic nitrogens is 2. The van der Waals surface area contributed by atoms with E-state index in [0.717, 1.165) is 26.2 Å². The van der Waals surface area contributed by atoms with E-state index in [4.69, 9.17) is 10.2 Å². The van der Waals surface area contributed by atoms with E-state index in [1.54, 1.807) is 18.3 Å². The highest BCUT2D eigenvalue weighted by molar-refractivity contribution is 9.10. The molecule has 0 saturated heterocycles. The molecule has 2 heterocycles. The first kappa shape index (κ1) is 12.5. The van der Waals surface area contributed by atoms with Crippen LogP contribution in [0.3, 0.4) is 0 Å². The Labute approximate surface area is 122 Å². The fraction of sp³-hybridized carbons (Fsp3) is 0.0769. The lowest BCUT2D eigenvalue weighted by Gasteiger charge is -1.99. The summed E-state index contributed by atoms with van der Waals surface area (Å²) in [5, 5.41) is 1.41. The first-order valence-corrected chi connectivity index (χ1v) is 7.19. The SMILES string of the molecule is Cc1cc(Sc2nc3cc(N)ccc3o2)ncc1Br. The van der Waals surface area contributed by atoms with E-state index in [1.165, 1.54) is 11.8 Å². The van der Waals surface area contributed by atoms with Crippen molar-refractivity contribution in [1.82, 2.24) is 9.97 Å². The van der Waals surface area contributed by atoms with Gasteiger partial charge in [0.1, 0.15) is 10.5 Å². The standard InChI is InChI=1S/C13H10BrN3OS/c1-7-4-12(16-6-9(7)14)19-13-17-10-5-8(15)2-3-11(10)18-13/h2-6H,15H2,1H3. The van der Waals surface area contributed by atoms with Gasteiger partial charge in [0, 0.05) is 16.4 Å². The van der Waals surface area contributed by atoms with Crippen LogP contribution < -0.4 is 5.73 Å².